The van der Waals surface area contributed by atoms with Crippen LogP contribution in [0.1, 0.15) is 155 Å². The van der Waals surface area contributed by atoms with Crippen molar-refractivity contribution in [2.75, 3.05) is 0 Å². The van der Waals surface area contributed by atoms with E-state index in [1.165, 1.54) is 128 Å². The van der Waals surface area contributed by atoms with Crippen LogP contribution in [0.15, 0.2) is 0 Å². The van der Waals surface area contributed by atoms with E-state index in [4.69, 9.17) is 0 Å². The molecule has 0 amide bonds. The van der Waals surface area contributed by atoms with Crippen molar-refractivity contribution in [2.24, 2.45) is 0 Å². The molecule has 0 aromatic carbocycles. The molecule has 0 heteroatoms. The van der Waals surface area contributed by atoms with Crippen molar-refractivity contribution >= 4 is 0 Å². The van der Waals surface area contributed by atoms with Crippen LogP contribution in [-0.4, -0.2) is 0 Å². The quantitative estimate of drug-likeness (QED) is 0.149. The summed E-state index contributed by atoms with van der Waals surface area (Å²) in [6, 6.07) is 0. The second-order valence-electron chi connectivity index (χ2n) is 8.17. The van der Waals surface area contributed by atoms with Crippen LogP contribution >= 0.6 is 0 Å². The molecule has 0 nitrogen and oxygen atoms in total. The first-order valence-electron chi connectivity index (χ1n) is 12.4. The molecule has 0 N–H and O–H groups in total. The van der Waals surface area contributed by atoms with Crippen molar-refractivity contribution in [1.29, 1.82) is 0 Å². The Morgan fingerprint density at radius 3 is 0.962 bits per heavy atom. The standard InChI is InChI=1S/C26H50/c1-3-5-7-9-11-13-15-17-19-21-23-25-26-24-22-20-18-16-14-12-10-8-6-4-2/h3-5,7,9-26H2,1-2H3. The lowest BCUT2D eigenvalue weighted by atomic mass is 10.0. The van der Waals surface area contributed by atoms with Crippen LogP contribution < -0.4 is 0 Å². The third kappa shape index (κ3) is 23.6. The van der Waals surface area contributed by atoms with Gasteiger partial charge in [-0.3, -0.25) is 0 Å². The number of hydrogen-bond donors (Lipinski definition) is 0. The lowest BCUT2D eigenvalue weighted by Gasteiger charge is -2.04. The number of rotatable bonds is 20. The average Bonchev–Trinajstić information content (AvgIpc) is 2.66. The Bertz CT molecular complexity index is 293. The predicted molar refractivity (Wildman–Crippen MR) is 121 cm³/mol. The summed E-state index contributed by atoms with van der Waals surface area (Å²) in [5.74, 6) is 6.40. The topological polar surface area (TPSA) is 0 Å². The normalized spacial score (nSPS) is 10.7. The summed E-state index contributed by atoms with van der Waals surface area (Å²) in [6.45, 7) is 4.43. The second-order valence-corrected chi connectivity index (χ2v) is 8.17. The molecule has 0 aliphatic carbocycles. The maximum absolute atomic E-state index is 3.24. The molecule has 0 bridgehead atoms. The molecule has 0 fully saturated rings. The van der Waals surface area contributed by atoms with Gasteiger partial charge in [0, 0.05) is 12.8 Å². The lowest BCUT2D eigenvalue weighted by Crippen LogP contribution is -1.84. The summed E-state index contributed by atoms with van der Waals surface area (Å²) >= 11 is 0. The maximum atomic E-state index is 3.24. The zero-order valence-electron chi connectivity index (χ0n) is 18.6. The summed E-state index contributed by atoms with van der Waals surface area (Å²) in [5.41, 5.74) is 0. The Labute approximate surface area is 167 Å². The van der Waals surface area contributed by atoms with E-state index in [0.717, 1.165) is 12.8 Å². The molecule has 0 radical (unpaired) electrons. The average molecular weight is 363 g/mol. The van der Waals surface area contributed by atoms with E-state index in [1.54, 1.807) is 0 Å². The minimum atomic E-state index is 1.01. The van der Waals surface area contributed by atoms with E-state index in [0.29, 0.717) is 0 Å². The molecule has 0 saturated heterocycles. The molecule has 0 aliphatic heterocycles. The largest absolute Gasteiger partial charge is 0.104 e. The number of hydrogen-bond acceptors (Lipinski definition) is 0. The van der Waals surface area contributed by atoms with Crippen LogP contribution in [0.5, 0.6) is 0 Å². The Morgan fingerprint density at radius 1 is 0.346 bits per heavy atom. The fraction of sp³-hybridized carbons (Fsp3) is 0.923. The molecule has 0 aromatic heterocycles. The molecule has 26 heavy (non-hydrogen) atoms. The zero-order valence-corrected chi connectivity index (χ0v) is 18.6. The van der Waals surface area contributed by atoms with Gasteiger partial charge < -0.3 is 0 Å². The van der Waals surface area contributed by atoms with Gasteiger partial charge in [0.2, 0.25) is 0 Å². The van der Waals surface area contributed by atoms with Crippen molar-refractivity contribution in [3.05, 3.63) is 0 Å². The van der Waals surface area contributed by atoms with Gasteiger partial charge in [0.25, 0.3) is 0 Å². The van der Waals surface area contributed by atoms with E-state index < -0.39 is 0 Å². The molecule has 0 atom stereocenters. The van der Waals surface area contributed by atoms with E-state index in [1.807, 2.05) is 0 Å². The summed E-state index contributed by atoms with van der Waals surface area (Å²) in [5, 5.41) is 0. The third-order valence-electron chi connectivity index (χ3n) is 5.46. The van der Waals surface area contributed by atoms with Crippen molar-refractivity contribution in [1.82, 2.24) is 0 Å². The minimum Gasteiger partial charge on any atom is -0.104 e. The van der Waals surface area contributed by atoms with Gasteiger partial charge in [-0.1, -0.05) is 136 Å². The SMILES string of the molecule is CCC#CCCCCCCCCCCCCCCCCCCCCCC. The Balaban J connectivity index is 2.99. The molecular weight excluding hydrogens is 312 g/mol. The molecule has 0 rings (SSSR count). The summed E-state index contributed by atoms with van der Waals surface area (Å²) in [4.78, 5) is 0. The highest BCUT2D eigenvalue weighted by Gasteiger charge is 1.95. The van der Waals surface area contributed by atoms with E-state index >= 15 is 0 Å². The maximum Gasteiger partial charge on any atom is 0.00886 e. The molecular formula is C26H50. The molecule has 0 heterocycles. The van der Waals surface area contributed by atoms with E-state index in [-0.39, 0.29) is 0 Å². The van der Waals surface area contributed by atoms with Crippen LogP contribution in [0.3, 0.4) is 0 Å². The van der Waals surface area contributed by atoms with Gasteiger partial charge in [-0.05, 0) is 6.42 Å². The second kappa shape index (κ2) is 24.6. The van der Waals surface area contributed by atoms with Gasteiger partial charge in [0.1, 0.15) is 0 Å². The fourth-order valence-corrected chi connectivity index (χ4v) is 3.68. The Hall–Kier alpha value is -0.440. The molecule has 0 saturated carbocycles. The zero-order chi connectivity index (χ0) is 19.0. The molecule has 0 aliphatic rings. The highest BCUT2D eigenvalue weighted by Crippen LogP contribution is 2.14. The van der Waals surface area contributed by atoms with Crippen LogP contribution in [0.4, 0.5) is 0 Å². The van der Waals surface area contributed by atoms with Crippen LogP contribution in [0, 0.1) is 11.8 Å². The minimum absolute atomic E-state index is 1.01. The van der Waals surface area contributed by atoms with Crippen molar-refractivity contribution in [3.63, 3.8) is 0 Å². The first-order chi connectivity index (χ1) is 12.9. The Morgan fingerprint density at radius 2 is 0.654 bits per heavy atom. The van der Waals surface area contributed by atoms with Gasteiger partial charge in [-0.25, -0.2) is 0 Å². The van der Waals surface area contributed by atoms with Gasteiger partial charge in [0.15, 0.2) is 0 Å². The fourth-order valence-electron chi connectivity index (χ4n) is 3.68. The first kappa shape index (κ1) is 25.6. The highest BCUT2D eigenvalue weighted by atomic mass is 14.0. The van der Waals surface area contributed by atoms with E-state index in [9.17, 15) is 0 Å². The highest BCUT2D eigenvalue weighted by molar-refractivity contribution is 4.97. The van der Waals surface area contributed by atoms with Gasteiger partial charge in [-0.2, -0.15) is 0 Å². The summed E-state index contributed by atoms with van der Waals surface area (Å²) in [6.07, 6.45) is 31.2. The summed E-state index contributed by atoms with van der Waals surface area (Å²) < 4.78 is 0. The van der Waals surface area contributed by atoms with Crippen LogP contribution in [-0.2, 0) is 0 Å². The van der Waals surface area contributed by atoms with Crippen molar-refractivity contribution in [3.8, 4) is 11.8 Å². The summed E-state index contributed by atoms with van der Waals surface area (Å²) in [7, 11) is 0. The molecule has 154 valence electrons. The smallest absolute Gasteiger partial charge is 0.00886 e. The Kier molecular flexibility index (Phi) is 24.1. The first-order valence-corrected chi connectivity index (χ1v) is 12.4. The van der Waals surface area contributed by atoms with Crippen LogP contribution in [0.2, 0.25) is 0 Å². The molecule has 0 unspecified atom stereocenters. The number of unbranched alkanes of at least 4 members (excludes halogenated alkanes) is 20. The van der Waals surface area contributed by atoms with Crippen molar-refractivity contribution < 1.29 is 0 Å². The van der Waals surface area contributed by atoms with Crippen molar-refractivity contribution in [2.45, 2.75) is 155 Å². The molecule has 0 spiro atoms. The van der Waals surface area contributed by atoms with Gasteiger partial charge in [0.05, 0.1) is 0 Å². The van der Waals surface area contributed by atoms with E-state index in [2.05, 4.69) is 25.7 Å². The lowest BCUT2D eigenvalue weighted by molar-refractivity contribution is 0.522. The third-order valence-corrected chi connectivity index (χ3v) is 5.46. The molecule has 0 aromatic rings. The predicted octanol–water partition coefficient (Wildman–Crippen LogP) is 9.61. The van der Waals surface area contributed by atoms with Gasteiger partial charge >= 0.3 is 0 Å². The van der Waals surface area contributed by atoms with Gasteiger partial charge in [-0.15, -0.1) is 11.8 Å². The monoisotopic (exact) mass is 362 g/mol. The van der Waals surface area contributed by atoms with Crippen LogP contribution in [0.25, 0.3) is 0 Å².